The summed E-state index contributed by atoms with van der Waals surface area (Å²) in [4.78, 5) is 0. The van der Waals surface area contributed by atoms with Gasteiger partial charge in [-0.2, -0.15) is 0 Å². The Hall–Kier alpha value is -3.71. The molecule has 5 aromatic rings. The summed E-state index contributed by atoms with van der Waals surface area (Å²) in [6, 6.07) is 45.4. The lowest BCUT2D eigenvalue weighted by atomic mass is 9.85. The molecule has 0 saturated carbocycles. The lowest BCUT2D eigenvalue weighted by Gasteiger charge is -2.37. The number of aliphatic hydroxyl groups is 1. The van der Waals surface area contributed by atoms with Crippen LogP contribution < -0.4 is 10.0 Å². The SMILES string of the molecule is CCCCC(CC)(Pc1ccccc1C(C)O)c1cc(Cc2ccccc2)cc(Cc2ccccc2)c1OCc1ccccc1. The molecule has 3 atom stereocenters. The van der Waals surface area contributed by atoms with Crippen molar-refractivity contribution in [1.82, 2.24) is 0 Å². The van der Waals surface area contributed by atoms with Gasteiger partial charge in [0.05, 0.1) is 6.10 Å². The Morgan fingerprint density at radius 3 is 1.87 bits per heavy atom. The van der Waals surface area contributed by atoms with E-state index in [4.69, 9.17) is 4.74 Å². The smallest absolute Gasteiger partial charge is 0.127 e. The van der Waals surface area contributed by atoms with Crippen LogP contribution in [0.25, 0.3) is 0 Å². The maximum absolute atomic E-state index is 10.8. The quantitative estimate of drug-likeness (QED) is 0.119. The molecule has 3 heteroatoms. The van der Waals surface area contributed by atoms with Gasteiger partial charge < -0.3 is 9.84 Å². The third kappa shape index (κ3) is 8.51. The average molecular weight is 615 g/mol. The molecule has 0 spiro atoms. The Bertz CT molecular complexity index is 1620. The second-order valence-electron chi connectivity index (χ2n) is 12.2. The molecule has 0 aromatic heterocycles. The lowest BCUT2D eigenvalue weighted by Crippen LogP contribution is -2.26. The van der Waals surface area contributed by atoms with Crippen molar-refractivity contribution < 1.29 is 9.84 Å². The molecule has 0 heterocycles. The van der Waals surface area contributed by atoms with Gasteiger partial charge in [0.1, 0.15) is 12.4 Å². The summed E-state index contributed by atoms with van der Waals surface area (Å²) < 4.78 is 6.99. The number of ether oxygens (including phenoxy) is 1. The van der Waals surface area contributed by atoms with Crippen molar-refractivity contribution in [2.45, 2.75) is 77.2 Å². The second kappa shape index (κ2) is 16.0. The maximum atomic E-state index is 10.8. The van der Waals surface area contributed by atoms with Crippen molar-refractivity contribution in [3.63, 3.8) is 0 Å². The minimum absolute atomic E-state index is 0.134. The molecule has 0 amide bonds. The summed E-state index contributed by atoms with van der Waals surface area (Å²) in [7, 11) is 0.501. The summed E-state index contributed by atoms with van der Waals surface area (Å²) in [5, 5.41) is 11.9. The predicted molar refractivity (Wildman–Crippen MR) is 192 cm³/mol. The van der Waals surface area contributed by atoms with Crippen LogP contribution in [0.4, 0.5) is 0 Å². The minimum Gasteiger partial charge on any atom is -0.488 e. The van der Waals surface area contributed by atoms with E-state index < -0.39 is 6.10 Å². The molecule has 0 fully saturated rings. The van der Waals surface area contributed by atoms with Gasteiger partial charge in [0, 0.05) is 17.1 Å². The third-order valence-electron chi connectivity index (χ3n) is 8.80. The fourth-order valence-corrected chi connectivity index (χ4v) is 8.25. The fraction of sp³-hybridized carbons (Fsp3) is 0.286. The van der Waals surface area contributed by atoms with E-state index in [2.05, 4.69) is 135 Å². The van der Waals surface area contributed by atoms with Crippen molar-refractivity contribution in [3.8, 4) is 5.75 Å². The Balaban J connectivity index is 1.72. The molecule has 0 aliphatic rings. The van der Waals surface area contributed by atoms with E-state index in [-0.39, 0.29) is 5.16 Å². The average Bonchev–Trinajstić information content (AvgIpc) is 3.07. The van der Waals surface area contributed by atoms with E-state index in [0.29, 0.717) is 15.2 Å². The Morgan fingerprint density at radius 2 is 1.27 bits per heavy atom. The van der Waals surface area contributed by atoms with Gasteiger partial charge in [-0.15, -0.1) is 0 Å². The van der Waals surface area contributed by atoms with E-state index in [1.54, 1.807) is 0 Å². The molecule has 45 heavy (non-hydrogen) atoms. The van der Waals surface area contributed by atoms with Crippen LogP contribution in [0.3, 0.4) is 0 Å². The molecule has 1 N–H and O–H groups in total. The van der Waals surface area contributed by atoms with Crippen LogP contribution in [0.15, 0.2) is 127 Å². The van der Waals surface area contributed by atoms with E-state index in [1.165, 1.54) is 38.7 Å². The van der Waals surface area contributed by atoms with E-state index >= 15 is 0 Å². The molecular weight excluding hydrogens is 567 g/mol. The van der Waals surface area contributed by atoms with Crippen molar-refractivity contribution in [1.29, 1.82) is 0 Å². The van der Waals surface area contributed by atoms with Gasteiger partial charge >= 0.3 is 0 Å². The van der Waals surface area contributed by atoms with Crippen LogP contribution in [0.2, 0.25) is 0 Å². The summed E-state index contributed by atoms with van der Waals surface area (Å²) in [6.07, 6.45) is 5.48. The van der Waals surface area contributed by atoms with Crippen LogP contribution in [-0.2, 0) is 24.6 Å². The first-order chi connectivity index (χ1) is 22.0. The normalized spacial score (nSPS) is 13.5. The molecule has 0 aliphatic carbocycles. The first-order valence-electron chi connectivity index (χ1n) is 16.5. The van der Waals surface area contributed by atoms with Crippen molar-refractivity contribution in [2.75, 3.05) is 0 Å². The Morgan fingerprint density at radius 1 is 0.689 bits per heavy atom. The van der Waals surface area contributed by atoms with Crippen LogP contribution in [0.5, 0.6) is 5.75 Å². The number of hydrogen-bond donors (Lipinski definition) is 1. The van der Waals surface area contributed by atoms with Crippen LogP contribution >= 0.6 is 8.58 Å². The highest BCUT2D eigenvalue weighted by atomic mass is 31.1. The third-order valence-corrected chi connectivity index (χ3v) is 10.9. The maximum Gasteiger partial charge on any atom is 0.127 e. The Kier molecular flexibility index (Phi) is 11.6. The molecule has 0 bridgehead atoms. The minimum atomic E-state index is -0.513. The van der Waals surface area contributed by atoms with Gasteiger partial charge in [-0.3, -0.25) is 0 Å². The van der Waals surface area contributed by atoms with Gasteiger partial charge in [-0.05, 0) is 64.9 Å². The molecular formula is C42H47O2P. The fourth-order valence-electron chi connectivity index (χ4n) is 6.32. The van der Waals surface area contributed by atoms with Gasteiger partial charge in [-0.25, -0.2) is 0 Å². The highest BCUT2D eigenvalue weighted by molar-refractivity contribution is 7.48. The van der Waals surface area contributed by atoms with Crippen LogP contribution in [0.1, 0.15) is 91.5 Å². The van der Waals surface area contributed by atoms with Gasteiger partial charge in [0.15, 0.2) is 0 Å². The molecule has 0 aliphatic heterocycles. The van der Waals surface area contributed by atoms with Crippen molar-refractivity contribution in [3.05, 3.63) is 166 Å². The van der Waals surface area contributed by atoms with E-state index in [1.807, 2.05) is 13.0 Å². The highest BCUT2D eigenvalue weighted by Gasteiger charge is 2.35. The number of hydrogen-bond acceptors (Lipinski definition) is 2. The standard InChI is InChI=1S/C42H47O2P/c1-4-6-26-42(5-2,45-40-25-17-16-24-38(40)32(3)43)39-30-36(27-33-18-10-7-11-19-33)29-37(28-34-20-12-8-13-21-34)41(39)44-31-35-22-14-9-15-23-35/h7-25,29-30,32,43,45H,4-6,26-28,31H2,1-3H3. The second-order valence-corrected chi connectivity index (χ2v) is 13.9. The van der Waals surface area contributed by atoms with Gasteiger partial charge in [-0.1, -0.05) is 163 Å². The Labute approximate surface area is 272 Å². The van der Waals surface area contributed by atoms with Crippen molar-refractivity contribution in [2.24, 2.45) is 0 Å². The van der Waals surface area contributed by atoms with Crippen LogP contribution in [-0.4, -0.2) is 5.11 Å². The monoisotopic (exact) mass is 614 g/mol. The highest BCUT2D eigenvalue weighted by Crippen LogP contribution is 2.53. The zero-order chi connectivity index (χ0) is 31.5. The summed E-state index contributed by atoms with van der Waals surface area (Å²) in [6.45, 7) is 7.03. The molecule has 232 valence electrons. The topological polar surface area (TPSA) is 29.5 Å². The number of benzene rings is 5. The largest absolute Gasteiger partial charge is 0.488 e. The molecule has 5 aromatic carbocycles. The van der Waals surface area contributed by atoms with E-state index in [9.17, 15) is 5.11 Å². The summed E-state index contributed by atoms with van der Waals surface area (Å²) in [5.74, 6) is 1.03. The lowest BCUT2D eigenvalue weighted by molar-refractivity contribution is 0.200. The van der Waals surface area contributed by atoms with E-state index in [0.717, 1.165) is 49.8 Å². The molecule has 5 rings (SSSR count). The first kappa shape index (κ1) is 32.7. The van der Waals surface area contributed by atoms with Crippen molar-refractivity contribution >= 4 is 13.9 Å². The molecule has 2 nitrogen and oxygen atoms in total. The van der Waals surface area contributed by atoms with Gasteiger partial charge in [0.2, 0.25) is 0 Å². The summed E-state index contributed by atoms with van der Waals surface area (Å²) >= 11 is 0. The van der Waals surface area contributed by atoms with Crippen LogP contribution in [0, 0.1) is 0 Å². The molecule has 0 saturated heterocycles. The summed E-state index contributed by atoms with van der Waals surface area (Å²) in [5.41, 5.74) is 8.65. The number of unbranched alkanes of at least 4 members (excludes halogenated alkanes) is 1. The predicted octanol–water partition coefficient (Wildman–Crippen LogP) is 10.3. The zero-order valence-corrected chi connectivity index (χ0v) is 28.0. The first-order valence-corrected chi connectivity index (χ1v) is 17.5. The number of rotatable bonds is 15. The van der Waals surface area contributed by atoms with Gasteiger partial charge in [0.25, 0.3) is 0 Å². The molecule has 3 unspecified atom stereocenters. The number of aliphatic hydroxyl groups excluding tert-OH is 1. The zero-order valence-electron chi connectivity index (χ0n) is 27.0. The molecule has 0 radical (unpaired) electrons.